The molecule has 1 N–H and O–H groups in total. The Kier molecular flexibility index (Phi) is 4.99. The van der Waals surface area contributed by atoms with Crippen LogP contribution < -0.4 is 10.1 Å². The van der Waals surface area contributed by atoms with Crippen LogP contribution in [0.5, 0.6) is 5.75 Å². The minimum absolute atomic E-state index is 0.0437. The first-order valence-corrected chi connectivity index (χ1v) is 6.79. The second-order valence-electron chi connectivity index (χ2n) is 4.59. The van der Waals surface area contributed by atoms with E-state index in [0.717, 1.165) is 18.8 Å². The van der Waals surface area contributed by atoms with Crippen LogP contribution in [0, 0.1) is 6.92 Å². The smallest absolute Gasteiger partial charge is 0.136 e. The summed E-state index contributed by atoms with van der Waals surface area (Å²) in [5, 5.41) is 3.36. The van der Waals surface area contributed by atoms with Crippen LogP contribution in [0.1, 0.15) is 24.2 Å². The fourth-order valence-corrected chi connectivity index (χ4v) is 2.01. The van der Waals surface area contributed by atoms with Crippen molar-refractivity contribution in [1.29, 1.82) is 0 Å². The Morgan fingerprint density at radius 1 is 1.00 bits per heavy atom. The maximum absolute atomic E-state index is 6.17. The lowest BCUT2D eigenvalue weighted by atomic mass is 10.1. The van der Waals surface area contributed by atoms with E-state index in [1.54, 1.807) is 0 Å². The Labute approximate surface area is 115 Å². The third-order valence-corrected chi connectivity index (χ3v) is 3.11. The highest BCUT2D eigenvalue weighted by Gasteiger charge is 2.13. The summed E-state index contributed by atoms with van der Waals surface area (Å²) in [5.74, 6) is 0.953. The van der Waals surface area contributed by atoms with Crippen molar-refractivity contribution in [2.24, 2.45) is 0 Å². The molecule has 0 saturated heterocycles. The van der Waals surface area contributed by atoms with Crippen LogP contribution in [0.3, 0.4) is 0 Å². The van der Waals surface area contributed by atoms with Gasteiger partial charge in [-0.1, -0.05) is 55.5 Å². The van der Waals surface area contributed by atoms with Gasteiger partial charge in [-0.25, -0.2) is 0 Å². The van der Waals surface area contributed by atoms with Crippen molar-refractivity contribution >= 4 is 0 Å². The third-order valence-electron chi connectivity index (χ3n) is 3.11. The van der Waals surface area contributed by atoms with Crippen molar-refractivity contribution < 1.29 is 4.74 Å². The number of aryl methyl sites for hydroxylation is 1. The van der Waals surface area contributed by atoms with E-state index >= 15 is 0 Å². The highest BCUT2D eigenvalue weighted by atomic mass is 16.5. The number of likely N-dealkylation sites (N-methyl/N-ethyl adjacent to an activating group) is 1. The number of ether oxygens (including phenoxy) is 1. The van der Waals surface area contributed by atoms with E-state index in [1.165, 1.54) is 11.1 Å². The van der Waals surface area contributed by atoms with Crippen LogP contribution in [0.15, 0.2) is 54.6 Å². The van der Waals surface area contributed by atoms with E-state index in [0.29, 0.717) is 0 Å². The Morgan fingerprint density at radius 2 is 1.68 bits per heavy atom. The molecule has 0 spiro atoms. The van der Waals surface area contributed by atoms with Gasteiger partial charge in [-0.2, -0.15) is 0 Å². The SMILES string of the molecule is CCNCC(Oc1ccccc1C)c1ccccc1. The highest BCUT2D eigenvalue weighted by Crippen LogP contribution is 2.24. The largest absolute Gasteiger partial charge is 0.484 e. The lowest BCUT2D eigenvalue weighted by molar-refractivity contribution is 0.201. The monoisotopic (exact) mass is 255 g/mol. The first kappa shape index (κ1) is 13.6. The van der Waals surface area contributed by atoms with E-state index in [2.05, 4.69) is 49.5 Å². The molecular weight excluding hydrogens is 234 g/mol. The molecule has 0 aromatic heterocycles. The zero-order valence-corrected chi connectivity index (χ0v) is 11.6. The predicted octanol–water partition coefficient (Wildman–Crippen LogP) is 3.72. The zero-order valence-electron chi connectivity index (χ0n) is 11.6. The Balaban J connectivity index is 2.17. The van der Waals surface area contributed by atoms with Gasteiger partial charge in [-0.3, -0.25) is 0 Å². The number of para-hydroxylation sites is 1. The van der Waals surface area contributed by atoms with Crippen LogP contribution in [0.25, 0.3) is 0 Å². The summed E-state index contributed by atoms with van der Waals surface area (Å²) in [6.45, 7) is 5.94. The second kappa shape index (κ2) is 6.95. The predicted molar refractivity (Wildman–Crippen MR) is 79.5 cm³/mol. The Morgan fingerprint density at radius 3 is 2.37 bits per heavy atom. The molecular formula is C17H21NO. The van der Waals surface area contributed by atoms with Crippen molar-refractivity contribution in [3.05, 3.63) is 65.7 Å². The van der Waals surface area contributed by atoms with Crippen molar-refractivity contribution in [3.63, 3.8) is 0 Å². The number of hydrogen-bond donors (Lipinski definition) is 1. The molecule has 2 aromatic carbocycles. The highest BCUT2D eigenvalue weighted by molar-refractivity contribution is 5.33. The molecule has 0 fully saturated rings. The molecule has 0 radical (unpaired) electrons. The maximum Gasteiger partial charge on any atom is 0.136 e. The molecule has 1 atom stereocenters. The van der Waals surface area contributed by atoms with Gasteiger partial charge in [0.25, 0.3) is 0 Å². The molecule has 0 amide bonds. The average Bonchev–Trinajstić information content (AvgIpc) is 2.46. The summed E-state index contributed by atoms with van der Waals surface area (Å²) in [5.41, 5.74) is 2.37. The number of rotatable bonds is 6. The molecule has 0 aliphatic heterocycles. The molecule has 100 valence electrons. The van der Waals surface area contributed by atoms with Gasteiger partial charge in [0.1, 0.15) is 11.9 Å². The topological polar surface area (TPSA) is 21.3 Å². The first-order valence-electron chi connectivity index (χ1n) is 6.79. The lowest BCUT2D eigenvalue weighted by Crippen LogP contribution is -2.25. The van der Waals surface area contributed by atoms with Gasteiger partial charge in [-0.05, 0) is 30.7 Å². The molecule has 2 heteroatoms. The summed E-state index contributed by atoms with van der Waals surface area (Å²) < 4.78 is 6.17. The normalized spacial score (nSPS) is 12.1. The molecule has 19 heavy (non-hydrogen) atoms. The molecule has 0 aliphatic carbocycles. The van der Waals surface area contributed by atoms with Gasteiger partial charge in [0, 0.05) is 6.54 Å². The van der Waals surface area contributed by atoms with Crippen molar-refractivity contribution in [2.45, 2.75) is 20.0 Å². The molecule has 2 aromatic rings. The quantitative estimate of drug-likeness (QED) is 0.849. The third kappa shape index (κ3) is 3.83. The van der Waals surface area contributed by atoms with Crippen LogP contribution in [0.2, 0.25) is 0 Å². The van der Waals surface area contributed by atoms with Gasteiger partial charge in [0.05, 0.1) is 0 Å². The molecule has 0 bridgehead atoms. The zero-order chi connectivity index (χ0) is 13.5. The van der Waals surface area contributed by atoms with Crippen LogP contribution >= 0.6 is 0 Å². The number of hydrogen-bond acceptors (Lipinski definition) is 2. The number of benzene rings is 2. The first-order chi connectivity index (χ1) is 9.31. The summed E-state index contributed by atoms with van der Waals surface area (Å²) >= 11 is 0. The average molecular weight is 255 g/mol. The fourth-order valence-electron chi connectivity index (χ4n) is 2.01. The van der Waals surface area contributed by atoms with E-state index in [-0.39, 0.29) is 6.10 Å². The molecule has 1 unspecified atom stereocenters. The summed E-state index contributed by atoms with van der Waals surface area (Å²) in [4.78, 5) is 0. The summed E-state index contributed by atoms with van der Waals surface area (Å²) in [6, 6.07) is 18.5. The van der Waals surface area contributed by atoms with Crippen molar-refractivity contribution in [1.82, 2.24) is 5.32 Å². The molecule has 2 rings (SSSR count). The van der Waals surface area contributed by atoms with Crippen LogP contribution in [-0.4, -0.2) is 13.1 Å². The lowest BCUT2D eigenvalue weighted by Gasteiger charge is -2.21. The van der Waals surface area contributed by atoms with Gasteiger partial charge in [-0.15, -0.1) is 0 Å². The minimum Gasteiger partial charge on any atom is -0.484 e. The molecule has 2 nitrogen and oxygen atoms in total. The van der Waals surface area contributed by atoms with Crippen molar-refractivity contribution in [3.8, 4) is 5.75 Å². The molecule has 0 saturated carbocycles. The second-order valence-corrected chi connectivity index (χ2v) is 4.59. The molecule has 0 aliphatic rings. The summed E-state index contributed by atoms with van der Waals surface area (Å²) in [7, 11) is 0. The minimum atomic E-state index is 0.0437. The van der Waals surface area contributed by atoms with Gasteiger partial charge in [0.15, 0.2) is 0 Å². The Hall–Kier alpha value is -1.80. The standard InChI is InChI=1S/C17H21NO/c1-3-18-13-17(15-10-5-4-6-11-15)19-16-12-8-7-9-14(16)2/h4-12,17-18H,3,13H2,1-2H3. The van der Waals surface area contributed by atoms with Crippen molar-refractivity contribution in [2.75, 3.05) is 13.1 Å². The van der Waals surface area contributed by atoms with Gasteiger partial charge in [0.2, 0.25) is 0 Å². The van der Waals surface area contributed by atoms with E-state index in [9.17, 15) is 0 Å². The van der Waals surface area contributed by atoms with Gasteiger partial charge < -0.3 is 10.1 Å². The van der Waals surface area contributed by atoms with E-state index < -0.39 is 0 Å². The Bertz CT molecular complexity index is 496. The number of nitrogens with one attached hydrogen (secondary N) is 1. The van der Waals surface area contributed by atoms with E-state index in [4.69, 9.17) is 4.74 Å². The summed E-state index contributed by atoms with van der Waals surface area (Å²) in [6.07, 6.45) is 0.0437. The molecule has 0 heterocycles. The van der Waals surface area contributed by atoms with E-state index in [1.807, 2.05) is 24.3 Å². The van der Waals surface area contributed by atoms with Crippen LogP contribution in [0.4, 0.5) is 0 Å². The fraction of sp³-hybridized carbons (Fsp3) is 0.294. The van der Waals surface area contributed by atoms with Gasteiger partial charge >= 0.3 is 0 Å². The maximum atomic E-state index is 6.17. The van der Waals surface area contributed by atoms with Crippen LogP contribution in [-0.2, 0) is 0 Å².